The van der Waals surface area contributed by atoms with Gasteiger partial charge < -0.3 is 19.7 Å². The number of piperidine rings is 1. The largest absolute Gasteiger partial charge is 0.493 e. The van der Waals surface area contributed by atoms with Crippen LogP contribution in [0.5, 0.6) is 11.5 Å². The average molecular weight is 396 g/mol. The van der Waals surface area contributed by atoms with E-state index in [1.165, 1.54) is 5.56 Å². The van der Waals surface area contributed by atoms with Gasteiger partial charge in [0.2, 0.25) is 0 Å². The van der Waals surface area contributed by atoms with Crippen molar-refractivity contribution in [1.82, 2.24) is 20.2 Å². The number of rotatable bonds is 5. The number of nitrogens with one attached hydrogen (secondary N) is 1. The zero-order chi connectivity index (χ0) is 20.2. The van der Waals surface area contributed by atoms with Gasteiger partial charge in [0.1, 0.15) is 5.82 Å². The second kappa shape index (κ2) is 8.78. The summed E-state index contributed by atoms with van der Waals surface area (Å²) >= 11 is 0. The topological polar surface area (TPSA) is 76.6 Å². The quantitative estimate of drug-likeness (QED) is 0.836. The number of fused-ring (bicyclic) bond motifs is 1. The Bertz CT molecular complexity index is 873. The lowest BCUT2D eigenvalue weighted by Gasteiger charge is -2.34. The molecule has 1 fully saturated rings. The van der Waals surface area contributed by atoms with Crippen molar-refractivity contribution in [1.29, 1.82) is 0 Å². The Hall–Kier alpha value is -2.67. The first-order chi connectivity index (χ1) is 14.2. The smallest absolute Gasteiger partial charge is 0.263 e. The van der Waals surface area contributed by atoms with E-state index in [-0.39, 0.29) is 11.8 Å². The van der Waals surface area contributed by atoms with E-state index >= 15 is 0 Å². The van der Waals surface area contributed by atoms with Gasteiger partial charge in [-0.05, 0) is 31.9 Å². The van der Waals surface area contributed by atoms with Gasteiger partial charge in [0.05, 0.1) is 7.11 Å². The molecule has 0 aliphatic carbocycles. The molecule has 2 aliphatic rings. The molecule has 0 radical (unpaired) electrons. The van der Waals surface area contributed by atoms with Crippen LogP contribution in [-0.2, 0) is 17.8 Å². The lowest BCUT2D eigenvalue weighted by atomic mass is 9.96. The number of nitrogens with zero attached hydrogens (tertiary/aromatic N) is 3. The Morgan fingerprint density at radius 2 is 2.14 bits per heavy atom. The molecule has 0 unspecified atom stereocenters. The summed E-state index contributed by atoms with van der Waals surface area (Å²) in [5.74, 6) is 2.23. The number of carbonyl (C=O) groups is 1. The number of ether oxygens (including phenoxy) is 2. The molecule has 154 valence electrons. The molecule has 1 aromatic heterocycles. The van der Waals surface area contributed by atoms with Crippen LogP contribution < -0.4 is 14.8 Å². The predicted octanol–water partition coefficient (Wildman–Crippen LogP) is 2.30. The Balaban J connectivity index is 1.43. The molecule has 2 aliphatic heterocycles. The van der Waals surface area contributed by atoms with Crippen LogP contribution in [-0.4, -0.2) is 53.6 Å². The third-order valence-corrected chi connectivity index (χ3v) is 5.65. The van der Waals surface area contributed by atoms with Crippen LogP contribution in [0.1, 0.15) is 42.8 Å². The lowest BCUT2D eigenvalue weighted by molar-refractivity contribution is -0.139. The minimum Gasteiger partial charge on any atom is -0.493 e. The van der Waals surface area contributed by atoms with Gasteiger partial charge in [0, 0.05) is 56.0 Å². The fourth-order valence-electron chi connectivity index (χ4n) is 4.05. The fourth-order valence-corrected chi connectivity index (χ4v) is 4.05. The summed E-state index contributed by atoms with van der Waals surface area (Å²) in [6.45, 7) is 4.96. The van der Waals surface area contributed by atoms with Gasteiger partial charge in [-0.1, -0.05) is 12.1 Å². The third-order valence-electron chi connectivity index (χ3n) is 5.65. The number of likely N-dealkylation sites (tertiary alicyclic amines) is 1. The molecular weight excluding hydrogens is 368 g/mol. The minimum absolute atomic E-state index is 0.0113. The number of hydrogen-bond donors (Lipinski definition) is 1. The molecule has 1 amide bonds. The molecule has 2 aromatic rings. The average Bonchev–Trinajstić information content (AvgIpc) is 2.78. The molecule has 0 bridgehead atoms. The summed E-state index contributed by atoms with van der Waals surface area (Å²) in [5, 5.41) is 3.35. The molecular formula is C22H28N4O3. The summed E-state index contributed by atoms with van der Waals surface area (Å²) in [5.41, 5.74) is 2.33. The van der Waals surface area contributed by atoms with Gasteiger partial charge in [0.25, 0.3) is 5.91 Å². The second-order valence-corrected chi connectivity index (χ2v) is 7.66. The highest BCUT2D eigenvalue weighted by molar-refractivity contribution is 5.81. The summed E-state index contributed by atoms with van der Waals surface area (Å²) in [6, 6.07) is 7.39. The highest BCUT2D eigenvalue weighted by Crippen LogP contribution is 2.29. The monoisotopic (exact) mass is 396 g/mol. The number of carbonyl (C=O) groups excluding carboxylic acids is 1. The van der Waals surface area contributed by atoms with Crippen LogP contribution in [0, 0.1) is 0 Å². The number of para-hydroxylation sites is 2. The van der Waals surface area contributed by atoms with Crippen LogP contribution in [0.2, 0.25) is 0 Å². The molecule has 4 rings (SSSR count). The van der Waals surface area contributed by atoms with Gasteiger partial charge in [-0.25, -0.2) is 9.97 Å². The Morgan fingerprint density at radius 1 is 1.31 bits per heavy atom. The van der Waals surface area contributed by atoms with Gasteiger partial charge in [0.15, 0.2) is 17.6 Å². The molecule has 7 nitrogen and oxygen atoms in total. The van der Waals surface area contributed by atoms with Gasteiger partial charge in [-0.15, -0.1) is 0 Å². The summed E-state index contributed by atoms with van der Waals surface area (Å²) in [6.07, 6.45) is 4.24. The van der Waals surface area contributed by atoms with E-state index in [1.54, 1.807) is 14.0 Å². The van der Waals surface area contributed by atoms with Crippen molar-refractivity contribution in [2.45, 2.75) is 44.8 Å². The van der Waals surface area contributed by atoms with Crippen LogP contribution in [0.3, 0.4) is 0 Å². The number of hydrogen-bond acceptors (Lipinski definition) is 6. The zero-order valence-corrected chi connectivity index (χ0v) is 17.1. The molecule has 1 aromatic carbocycles. The van der Waals surface area contributed by atoms with Gasteiger partial charge >= 0.3 is 0 Å². The van der Waals surface area contributed by atoms with Crippen molar-refractivity contribution in [3.63, 3.8) is 0 Å². The van der Waals surface area contributed by atoms with E-state index in [0.717, 1.165) is 50.4 Å². The van der Waals surface area contributed by atoms with E-state index in [4.69, 9.17) is 14.5 Å². The molecule has 7 heteroatoms. The van der Waals surface area contributed by atoms with E-state index in [0.29, 0.717) is 18.0 Å². The van der Waals surface area contributed by atoms with Crippen molar-refractivity contribution < 1.29 is 14.3 Å². The normalized spacial score (nSPS) is 19.9. The highest BCUT2D eigenvalue weighted by atomic mass is 16.5. The second-order valence-electron chi connectivity index (χ2n) is 7.66. The van der Waals surface area contributed by atoms with E-state index < -0.39 is 6.10 Å². The molecule has 1 N–H and O–H groups in total. The first-order valence-corrected chi connectivity index (χ1v) is 10.3. The maximum atomic E-state index is 13.0. The van der Waals surface area contributed by atoms with Crippen molar-refractivity contribution in [3.05, 3.63) is 47.5 Å². The van der Waals surface area contributed by atoms with Crippen LogP contribution in [0.15, 0.2) is 30.5 Å². The van der Waals surface area contributed by atoms with Crippen LogP contribution in [0.4, 0.5) is 0 Å². The Morgan fingerprint density at radius 3 is 2.97 bits per heavy atom. The first-order valence-electron chi connectivity index (χ1n) is 10.3. The number of aromatic nitrogens is 2. The van der Waals surface area contributed by atoms with Crippen LogP contribution in [0.25, 0.3) is 0 Å². The van der Waals surface area contributed by atoms with E-state index in [2.05, 4.69) is 10.3 Å². The van der Waals surface area contributed by atoms with E-state index in [1.807, 2.05) is 35.4 Å². The summed E-state index contributed by atoms with van der Waals surface area (Å²) in [7, 11) is 1.60. The van der Waals surface area contributed by atoms with Gasteiger partial charge in [-0.2, -0.15) is 0 Å². The predicted molar refractivity (Wildman–Crippen MR) is 109 cm³/mol. The molecule has 0 saturated carbocycles. The van der Waals surface area contributed by atoms with Crippen molar-refractivity contribution >= 4 is 5.91 Å². The van der Waals surface area contributed by atoms with Gasteiger partial charge in [-0.3, -0.25) is 4.79 Å². The summed E-state index contributed by atoms with van der Waals surface area (Å²) in [4.78, 5) is 24.3. The SMILES string of the molecule is COc1ccccc1O[C@H](C)C(=O)N1CCC[C@@H](c2ncc3c(n2)CCNC3)C1. The third kappa shape index (κ3) is 4.34. The minimum atomic E-state index is -0.583. The van der Waals surface area contributed by atoms with Crippen molar-refractivity contribution in [2.24, 2.45) is 0 Å². The zero-order valence-electron chi connectivity index (χ0n) is 17.1. The maximum Gasteiger partial charge on any atom is 0.263 e. The number of amides is 1. The van der Waals surface area contributed by atoms with Crippen molar-refractivity contribution in [2.75, 3.05) is 26.7 Å². The number of methoxy groups -OCH3 is 1. The first kappa shape index (κ1) is 19.6. The molecule has 0 spiro atoms. The van der Waals surface area contributed by atoms with Crippen molar-refractivity contribution in [3.8, 4) is 11.5 Å². The molecule has 29 heavy (non-hydrogen) atoms. The number of benzene rings is 1. The molecule has 2 atom stereocenters. The Labute approximate surface area is 171 Å². The highest BCUT2D eigenvalue weighted by Gasteiger charge is 2.30. The Kier molecular flexibility index (Phi) is 5.94. The summed E-state index contributed by atoms with van der Waals surface area (Å²) < 4.78 is 11.2. The molecule has 3 heterocycles. The van der Waals surface area contributed by atoms with E-state index in [9.17, 15) is 4.79 Å². The molecule has 1 saturated heterocycles. The van der Waals surface area contributed by atoms with Crippen LogP contribution >= 0.6 is 0 Å². The fraction of sp³-hybridized carbons (Fsp3) is 0.500. The maximum absolute atomic E-state index is 13.0. The lowest BCUT2D eigenvalue weighted by Crippen LogP contribution is -2.45. The standard InChI is InChI=1S/C22H28N4O3/c1-15(29-20-8-4-3-7-19(20)28-2)22(27)26-11-5-6-16(14-26)21-24-13-17-12-23-10-9-18(17)25-21/h3-4,7-8,13,15-16,23H,5-6,9-12,14H2,1-2H3/t15-,16-/m1/s1.